The molecule has 2 rings (SSSR count). The highest BCUT2D eigenvalue weighted by molar-refractivity contribution is 14.1. The van der Waals surface area contributed by atoms with Gasteiger partial charge in [0.1, 0.15) is 5.82 Å². The van der Waals surface area contributed by atoms with Crippen LogP contribution in [-0.4, -0.2) is 6.54 Å². The summed E-state index contributed by atoms with van der Waals surface area (Å²) in [6.45, 7) is 3.08. The molecule has 0 saturated carbocycles. The molecule has 0 amide bonds. The monoisotopic (exact) mass is 423 g/mol. The Morgan fingerprint density at radius 2 is 2.15 bits per heavy atom. The van der Waals surface area contributed by atoms with Crippen molar-refractivity contribution in [3.05, 3.63) is 54.5 Å². The van der Waals surface area contributed by atoms with Gasteiger partial charge in [-0.3, -0.25) is 0 Å². The van der Waals surface area contributed by atoms with E-state index >= 15 is 0 Å². The quantitative estimate of drug-likeness (QED) is 0.611. The fraction of sp³-hybridized carbons (Fsp3) is 0.333. The van der Waals surface area contributed by atoms with Crippen molar-refractivity contribution < 1.29 is 4.39 Å². The lowest BCUT2D eigenvalue weighted by Gasteiger charge is -2.20. The van der Waals surface area contributed by atoms with Crippen LogP contribution in [-0.2, 0) is 6.42 Å². The fourth-order valence-electron chi connectivity index (χ4n) is 2.06. The number of rotatable bonds is 6. The van der Waals surface area contributed by atoms with Crippen LogP contribution >= 0.6 is 45.5 Å². The molecule has 0 bridgehead atoms. The summed E-state index contributed by atoms with van der Waals surface area (Å²) in [4.78, 5) is 1.24. The van der Waals surface area contributed by atoms with E-state index in [-0.39, 0.29) is 11.9 Å². The third-order valence-corrected chi connectivity index (χ3v) is 5.20. The Morgan fingerprint density at radius 1 is 1.35 bits per heavy atom. The minimum Gasteiger partial charge on any atom is -0.310 e. The van der Waals surface area contributed by atoms with Gasteiger partial charge < -0.3 is 5.32 Å². The predicted molar refractivity (Wildman–Crippen MR) is 93.2 cm³/mol. The number of thiophene rings is 1. The van der Waals surface area contributed by atoms with Gasteiger partial charge in [0.2, 0.25) is 0 Å². The first-order valence-corrected chi connectivity index (χ1v) is 8.80. The molecule has 1 aromatic carbocycles. The van der Waals surface area contributed by atoms with Crippen molar-refractivity contribution in [3.8, 4) is 0 Å². The summed E-state index contributed by atoms with van der Waals surface area (Å²) in [7, 11) is 0. The second-order valence-corrected chi connectivity index (χ2v) is 7.54. The van der Waals surface area contributed by atoms with Crippen LogP contribution in [0.2, 0.25) is 4.34 Å². The van der Waals surface area contributed by atoms with Gasteiger partial charge in [-0.05, 0) is 65.4 Å². The molecule has 1 aromatic heterocycles. The summed E-state index contributed by atoms with van der Waals surface area (Å²) in [5, 5.41) is 3.54. The molecule has 1 atom stereocenters. The molecular weight excluding hydrogens is 408 g/mol. The van der Waals surface area contributed by atoms with E-state index in [9.17, 15) is 4.39 Å². The molecule has 1 N–H and O–H groups in total. The number of halogens is 3. The summed E-state index contributed by atoms with van der Waals surface area (Å²) >= 11 is 9.79. The van der Waals surface area contributed by atoms with Gasteiger partial charge >= 0.3 is 0 Å². The van der Waals surface area contributed by atoms with Gasteiger partial charge in [-0.25, -0.2) is 4.39 Å². The van der Waals surface area contributed by atoms with E-state index in [4.69, 9.17) is 11.6 Å². The van der Waals surface area contributed by atoms with Crippen molar-refractivity contribution in [1.29, 1.82) is 0 Å². The van der Waals surface area contributed by atoms with E-state index in [2.05, 4.69) is 40.9 Å². The highest BCUT2D eigenvalue weighted by Gasteiger charge is 2.16. The largest absolute Gasteiger partial charge is 0.310 e. The van der Waals surface area contributed by atoms with Crippen LogP contribution in [0.1, 0.15) is 29.8 Å². The molecule has 2 aromatic rings. The highest BCUT2D eigenvalue weighted by atomic mass is 127. The van der Waals surface area contributed by atoms with Crippen LogP contribution in [0, 0.1) is 9.39 Å². The molecule has 1 unspecified atom stereocenters. The SMILES string of the molecule is CCCNC(Cc1ccc(Cl)s1)c1ccc(F)cc1I. The molecule has 0 aliphatic rings. The van der Waals surface area contributed by atoms with Crippen LogP contribution in [0.5, 0.6) is 0 Å². The second kappa shape index (κ2) is 7.73. The molecule has 20 heavy (non-hydrogen) atoms. The maximum absolute atomic E-state index is 13.3. The van der Waals surface area contributed by atoms with Crippen LogP contribution in [0.4, 0.5) is 4.39 Å². The summed E-state index contributed by atoms with van der Waals surface area (Å²) in [6, 6.07) is 9.16. The average molecular weight is 424 g/mol. The Morgan fingerprint density at radius 3 is 2.75 bits per heavy atom. The number of nitrogens with one attached hydrogen (secondary N) is 1. The first-order chi connectivity index (χ1) is 9.60. The van der Waals surface area contributed by atoms with E-state index in [0.717, 1.165) is 32.9 Å². The zero-order valence-electron chi connectivity index (χ0n) is 11.1. The molecule has 1 nitrogen and oxygen atoms in total. The number of hydrogen-bond donors (Lipinski definition) is 1. The minimum absolute atomic E-state index is 0.188. The Labute approximate surface area is 141 Å². The lowest BCUT2D eigenvalue weighted by Crippen LogP contribution is -2.24. The zero-order valence-corrected chi connectivity index (χ0v) is 14.9. The summed E-state index contributed by atoms with van der Waals surface area (Å²) in [5.74, 6) is -0.188. The van der Waals surface area contributed by atoms with Crippen molar-refractivity contribution in [2.24, 2.45) is 0 Å². The smallest absolute Gasteiger partial charge is 0.124 e. The third-order valence-electron chi connectivity index (χ3n) is 3.01. The molecule has 0 aliphatic carbocycles. The van der Waals surface area contributed by atoms with Crippen molar-refractivity contribution in [1.82, 2.24) is 5.32 Å². The Hall–Kier alpha value is -0.170. The lowest BCUT2D eigenvalue weighted by molar-refractivity contribution is 0.528. The first-order valence-electron chi connectivity index (χ1n) is 6.52. The molecule has 0 fully saturated rings. The van der Waals surface area contributed by atoms with Gasteiger partial charge in [0.15, 0.2) is 0 Å². The molecule has 0 aliphatic heterocycles. The third kappa shape index (κ3) is 4.41. The fourth-order valence-corrected chi connectivity index (χ4v) is 4.04. The van der Waals surface area contributed by atoms with Crippen molar-refractivity contribution in [2.45, 2.75) is 25.8 Å². The lowest BCUT2D eigenvalue weighted by atomic mass is 10.0. The maximum Gasteiger partial charge on any atom is 0.124 e. The Bertz CT molecular complexity index is 573. The second-order valence-electron chi connectivity index (χ2n) is 4.58. The minimum atomic E-state index is -0.188. The van der Waals surface area contributed by atoms with Crippen LogP contribution in [0.25, 0.3) is 0 Å². The van der Waals surface area contributed by atoms with Gasteiger partial charge in [0, 0.05) is 20.9 Å². The topological polar surface area (TPSA) is 12.0 Å². The zero-order chi connectivity index (χ0) is 14.5. The van der Waals surface area contributed by atoms with Crippen molar-refractivity contribution in [3.63, 3.8) is 0 Å². The molecule has 108 valence electrons. The van der Waals surface area contributed by atoms with E-state index in [1.165, 1.54) is 10.9 Å². The van der Waals surface area contributed by atoms with Gasteiger partial charge in [-0.2, -0.15) is 0 Å². The molecular formula is C15H16ClFINS. The van der Waals surface area contributed by atoms with E-state index in [0.29, 0.717) is 0 Å². The van der Waals surface area contributed by atoms with Gasteiger partial charge in [-0.15, -0.1) is 11.3 Å². The van der Waals surface area contributed by atoms with E-state index in [1.54, 1.807) is 17.4 Å². The summed E-state index contributed by atoms with van der Waals surface area (Å²) < 4.78 is 15.0. The average Bonchev–Trinajstić information content (AvgIpc) is 2.80. The molecule has 1 heterocycles. The van der Waals surface area contributed by atoms with Gasteiger partial charge in [0.05, 0.1) is 4.34 Å². The molecule has 0 radical (unpaired) electrons. The Balaban J connectivity index is 2.22. The van der Waals surface area contributed by atoms with E-state index in [1.807, 2.05) is 12.1 Å². The number of hydrogen-bond acceptors (Lipinski definition) is 2. The van der Waals surface area contributed by atoms with Crippen molar-refractivity contribution in [2.75, 3.05) is 6.54 Å². The highest BCUT2D eigenvalue weighted by Crippen LogP contribution is 2.29. The van der Waals surface area contributed by atoms with E-state index < -0.39 is 0 Å². The molecule has 0 spiro atoms. The van der Waals surface area contributed by atoms with Crippen LogP contribution in [0.3, 0.4) is 0 Å². The van der Waals surface area contributed by atoms with Crippen molar-refractivity contribution >= 4 is 45.5 Å². The first kappa shape index (κ1) is 16.2. The Kier molecular flexibility index (Phi) is 6.26. The van der Waals surface area contributed by atoms with Gasteiger partial charge in [0.25, 0.3) is 0 Å². The summed E-state index contributed by atoms with van der Waals surface area (Å²) in [6.07, 6.45) is 1.94. The number of benzene rings is 1. The standard InChI is InChI=1S/C15H16ClFINS/c1-2-7-19-14(9-11-4-6-15(16)20-11)12-5-3-10(17)8-13(12)18/h3-6,8,14,19H,2,7,9H2,1H3. The predicted octanol–water partition coefficient (Wildman–Crippen LogP) is 5.43. The van der Waals surface area contributed by atoms with Crippen LogP contribution in [0.15, 0.2) is 30.3 Å². The van der Waals surface area contributed by atoms with Gasteiger partial charge in [-0.1, -0.05) is 24.6 Å². The summed E-state index contributed by atoms with van der Waals surface area (Å²) in [5.41, 5.74) is 1.14. The molecule has 0 saturated heterocycles. The maximum atomic E-state index is 13.3. The van der Waals surface area contributed by atoms with Crippen LogP contribution < -0.4 is 5.32 Å². The molecule has 5 heteroatoms. The normalized spacial score (nSPS) is 12.6.